The Morgan fingerprint density at radius 1 is 1.17 bits per heavy atom. The van der Waals surface area contributed by atoms with Gasteiger partial charge in [-0.05, 0) is 110 Å². The summed E-state index contributed by atoms with van der Waals surface area (Å²) in [7, 11) is 1.72. The van der Waals surface area contributed by atoms with E-state index in [1.807, 2.05) is 6.07 Å². The van der Waals surface area contributed by atoms with E-state index in [-0.39, 0.29) is 28.3 Å². The van der Waals surface area contributed by atoms with Gasteiger partial charge in [0.1, 0.15) is 11.3 Å². The lowest BCUT2D eigenvalue weighted by Gasteiger charge is -2.66. The molecule has 2 saturated heterocycles. The van der Waals surface area contributed by atoms with Crippen LogP contribution >= 0.6 is 0 Å². The maximum atomic E-state index is 13.8. The van der Waals surface area contributed by atoms with E-state index in [1.165, 1.54) is 41.5 Å². The molecule has 3 saturated carbocycles. The second kappa shape index (κ2) is 7.03. The standard InChI is InChI=1S/C30H35N3O3/c1-31-11-2-3-22(27(31)35)28(36)33-17-20-15-29-9-8-24(33)26(20)30(29)10-12-32(16-18-4-5-18)25(29)13-19-6-7-21(34)14-23(19)30/h2-3,6-7,11,14,18,20,24-26,34H,4-5,8-10,12-13,15-17H2,1H3/t20-,24?,25?,26?,29?,30?/m1/s1. The Hall–Kier alpha value is -2.60. The molecule has 36 heavy (non-hydrogen) atoms. The maximum Gasteiger partial charge on any atom is 0.263 e. The highest BCUT2D eigenvalue weighted by molar-refractivity contribution is 5.94. The number of pyridine rings is 1. The van der Waals surface area contributed by atoms with Gasteiger partial charge in [0.2, 0.25) is 0 Å². The van der Waals surface area contributed by atoms with Gasteiger partial charge in [-0.25, -0.2) is 0 Å². The minimum absolute atomic E-state index is 0.0221. The number of nitrogens with zero attached hydrogens (tertiary/aromatic N) is 3. The molecule has 6 atom stereocenters. The molecule has 188 valence electrons. The summed E-state index contributed by atoms with van der Waals surface area (Å²) in [4.78, 5) is 31.6. The van der Waals surface area contributed by atoms with Gasteiger partial charge >= 0.3 is 0 Å². The van der Waals surface area contributed by atoms with Gasteiger partial charge in [0.25, 0.3) is 11.5 Å². The Kier molecular flexibility index (Phi) is 4.20. The number of aryl methyl sites for hydroxylation is 1. The first-order valence-electron chi connectivity index (χ1n) is 14.0. The minimum atomic E-state index is -0.204. The molecule has 1 N–H and O–H groups in total. The number of hydrogen-bond donors (Lipinski definition) is 1. The number of phenolic OH excluding ortho intramolecular Hbond substituents is 1. The average Bonchev–Trinajstić information content (AvgIpc) is 3.56. The van der Waals surface area contributed by atoms with E-state index in [2.05, 4.69) is 21.9 Å². The highest BCUT2D eigenvalue weighted by Gasteiger charge is 2.76. The summed E-state index contributed by atoms with van der Waals surface area (Å²) in [5, 5.41) is 10.6. The Labute approximate surface area is 211 Å². The number of aromatic nitrogens is 1. The lowest BCUT2D eigenvalue weighted by molar-refractivity contribution is -0.102. The molecule has 4 bridgehead atoms. The van der Waals surface area contributed by atoms with E-state index < -0.39 is 0 Å². The number of piperidine rings is 1. The zero-order valence-electron chi connectivity index (χ0n) is 21.0. The molecule has 2 aliphatic heterocycles. The highest BCUT2D eigenvalue weighted by Crippen LogP contribution is 2.75. The predicted octanol–water partition coefficient (Wildman–Crippen LogP) is 3.31. The van der Waals surface area contributed by atoms with Crippen molar-refractivity contribution in [1.82, 2.24) is 14.4 Å². The summed E-state index contributed by atoms with van der Waals surface area (Å²) < 4.78 is 1.51. The molecule has 6 heteroatoms. The van der Waals surface area contributed by atoms with Crippen molar-refractivity contribution in [3.63, 3.8) is 0 Å². The molecule has 6 nitrogen and oxygen atoms in total. The number of carbonyl (C=O) groups is 1. The van der Waals surface area contributed by atoms with Crippen molar-refractivity contribution < 1.29 is 9.90 Å². The van der Waals surface area contributed by atoms with Crippen molar-refractivity contribution in [2.45, 2.75) is 62.4 Å². The molecular formula is C30H35N3O3. The van der Waals surface area contributed by atoms with Crippen LogP contribution in [0.15, 0.2) is 41.3 Å². The molecular weight excluding hydrogens is 450 g/mol. The van der Waals surface area contributed by atoms with Gasteiger partial charge < -0.3 is 14.6 Å². The topological polar surface area (TPSA) is 65.8 Å². The van der Waals surface area contributed by atoms with Crippen molar-refractivity contribution in [1.29, 1.82) is 0 Å². The average molecular weight is 486 g/mol. The van der Waals surface area contributed by atoms with Crippen molar-refractivity contribution in [2.24, 2.45) is 30.2 Å². The van der Waals surface area contributed by atoms with E-state index in [1.54, 1.807) is 25.4 Å². The van der Waals surface area contributed by atoms with Crippen LogP contribution in [0, 0.1) is 23.2 Å². The number of phenols is 1. The number of fused-ring (bicyclic) bond motifs is 1. The monoisotopic (exact) mass is 485 g/mol. The highest BCUT2D eigenvalue weighted by atomic mass is 16.3. The molecule has 8 rings (SSSR count). The third-order valence-corrected chi connectivity index (χ3v) is 11.4. The van der Waals surface area contributed by atoms with Crippen LogP contribution < -0.4 is 5.56 Å². The molecule has 5 unspecified atom stereocenters. The fourth-order valence-electron chi connectivity index (χ4n) is 10.1. The first kappa shape index (κ1) is 21.5. The second-order valence-electron chi connectivity index (χ2n) is 12.8. The molecule has 1 aromatic heterocycles. The fraction of sp³-hybridized carbons (Fsp3) is 0.600. The Bertz CT molecular complexity index is 1350. The van der Waals surface area contributed by atoms with E-state index in [0.717, 1.165) is 44.7 Å². The van der Waals surface area contributed by atoms with Gasteiger partial charge in [0.05, 0.1) is 0 Å². The van der Waals surface area contributed by atoms with Crippen LogP contribution in [-0.4, -0.2) is 57.1 Å². The van der Waals surface area contributed by atoms with Crippen molar-refractivity contribution in [3.8, 4) is 5.75 Å². The zero-order chi connectivity index (χ0) is 24.4. The number of aromatic hydroxyl groups is 1. The van der Waals surface area contributed by atoms with Crippen LogP contribution in [-0.2, 0) is 18.9 Å². The zero-order valence-corrected chi connectivity index (χ0v) is 21.0. The normalized spacial score (nSPS) is 38.1. The third-order valence-electron chi connectivity index (χ3n) is 11.4. The molecule has 2 aromatic rings. The summed E-state index contributed by atoms with van der Waals surface area (Å²) >= 11 is 0. The smallest absolute Gasteiger partial charge is 0.263 e. The van der Waals surface area contributed by atoms with Gasteiger partial charge in [0.15, 0.2) is 0 Å². The Balaban J connectivity index is 1.25. The SMILES string of the molecule is Cn1cccc(C(=O)N2C[C@H]3CC45CCC2C3C42CCN(CC3CC3)C5Cc3ccc(O)cc32)c1=O. The van der Waals surface area contributed by atoms with Crippen LogP contribution in [0.1, 0.15) is 60.0 Å². The number of carbonyl (C=O) groups excluding carboxylic acids is 1. The molecule has 3 heterocycles. The van der Waals surface area contributed by atoms with E-state index >= 15 is 0 Å². The van der Waals surface area contributed by atoms with E-state index in [9.17, 15) is 14.7 Å². The summed E-state index contributed by atoms with van der Waals surface area (Å²) in [6, 6.07) is 10.4. The predicted molar refractivity (Wildman–Crippen MR) is 136 cm³/mol. The largest absolute Gasteiger partial charge is 0.508 e. The van der Waals surface area contributed by atoms with Crippen LogP contribution in [0.5, 0.6) is 5.75 Å². The van der Waals surface area contributed by atoms with Crippen LogP contribution in [0.2, 0.25) is 0 Å². The van der Waals surface area contributed by atoms with Crippen molar-refractivity contribution >= 4 is 5.91 Å². The summed E-state index contributed by atoms with van der Waals surface area (Å²) in [5.74, 6) is 2.04. The number of likely N-dealkylation sites (tertiary alicyclic amines) is 2. The van der Waals surface area contributed by atoms with Gasteiger partial charge in [-0.2, -0.15) is 0 Å². The van der Waals surface area contributed by atoms with Crippen LogP contribution in [0.4, 0.5) is 0 Å². The summed E-state index contributed by atoms with van der Waals surface area (Å²) in [6.45, 7) is 3.14. The quantitative estimate of drug-likeness (QED) is 0.725. The molecule has 6 aliphatic rings. The van der Waals surface area contributed by atoms with Crippen LogP contribution in [0.3, 0.4) is 0 Å². The number of rotatable bonds is 3. The van der Waals surface area contributed by atoms with E-state index in [0.29, 0.717) is 29.2 Å². The summed E-state index contributed by atoms with van der Waals surface area (Å²) in [6.07, 6.45) is 10.0. The van der Waals surface area contributed by atoms with Crippen molar-refractivity contribution in [2.75, 3.05) is 19.6 Å². The summed E-state index contributed by atoms with van der Waals surface area (Å²) in [5.41, 5.74) is 3.15. The minimum Gasteiger partial charge on any atom is -0.508 e. The fourth-order valence-corrected chi connectivity index (χ4v) is 10.1. The molecule has 5 fully saturated rings. The van der Waals surface area contributed by atoms with E-state index in [4.69, 9.17) is 0 Å². The van der Waals surface area contributed by atoms with Gasteiger partial charge in [-0.15, -0.1) is 0 Å². The molecule has 4 aliphatic carbocycles. The molecule has 0 radical (unpaired) electrons. The molecule has 1 amide bonds. The van der Waals surface area contributed by atoms with Crippen LogP contribution in [0.25, 0.3) is 0 Å². The van der Waals surface area contributed by atoms with Gasteiger partial charge in [-0.1, -0.05) is 6.07 Å². The lowest BCUT2D eigenvalue weighted by Crippen LogP contribution is -2.70. The van der Waals surface area contributed by atoms with Crippen molar-refractivity contribution in [3.05, 3.63) is 63.6 Å². The lowest BCUT2D eigenvalue weighted by atomic mass is 9.43. The number of benzene rings is 1. The first-order valence-corrected chi connectivity index (χ1v) is 14.0. The maximum absolute atomic E-state index is 13.8. The second-order valence-corrected chi connectivity index (χ2v) is 12.8. The molecule has 0 spiro atoms. The Morgan fingerprint density at radius 3 is 2.86 bits per heavy atom. The number of hydrogen-bond acceptors (Lipinski definition) is 4. The number of amides is 1. The van der Waals surface area contributed by atoms with Gasteiger partial charge in [-0.3, -0.25) is 14.5 Å². The molecule has 1 aromatic carbocycles. The van der Waals surface area contributed by atoms with Gasteiger partial charge in [0, 0.05) is 43.8 Å². The first-order chi connectivity index (χ1) is 17.4. The third kappa shape index (κ3) is 2.52. The Morgan fingerprint density at radius 2 is 2.03 bits per heavy atom.